The van der Waals surface area contributed by atoms with Gasteiger partial charge in [0.05, 0.1) is 33.5 Å². The fourth-order valence-corrected chi connectivity index (χ4v) is 7.14. The van der Waals surface area contributed by atoms with Gasteiger partial charge in [-0.3, -0.25) is 0 Å². The van der Waals surface area contributed by atoms with Gasteiger partial charge in [-0.25, -0.2) is 9.97 Å². The van der Waals surface area contributed by atoms with Crippen LogP contribution in [0.15, 0.2) is 168 Å². The van der Waals surface area contributed by atoms with Crippen LogP contribution in [-0.2, 0) is 0 Å². The van der Waals surface area contributed by atoms with Crippen LogP contribution in [-0.4, -0.2) is 14.5 Å². The number of rotatable bonds is 4. The summed E-state index contributed by atoms with van der Waals surface area (Å²) in [5.41, 5.74) is 9.88. The first-order valence-electron chi connectivity index (χ1n) is 16.2. The molecule has 0 spiro atoms. The quantitative estimate of drug-likeness (QED) is 0.198. The first-order chi connectivity index (χ1) is 23.8. The van der Waals surface area contributed by atoms with Crippen molar-refractivity contribution in [3.05, 3.63) is 164 Å². The summed E-state index contributed by atoms with van der Waals surface area (Å²) in [6.45, 7) is 0. The zero-order valence-electron chi connectivity index (χ0n) is 25.8. The molecule has 0 fully saturated rings. The molecule has 3 heterocycles. The van der Waals surface area contributed by atoms with Gasteiger partial charge in [0.25, 0.3) is 0 Å². The molecule has 0 saturated heterocycles. The minimum atomic E-state index is 0.673. The van der Waals surface area contributed by atoms with E-state index >= 15 is 0 Å². The smallest absolute Gasteiger partial charge is 0.160 e. The van der Waals surface area contributed by atoms with Gasteiger partial charge < -0.3 is 8.98 Å². The van der Waals surface area contributed by atoms with Crippen molar-refractivity contribution in [2.24, 2.45) is 0 Å². The highest BCUT2D eigenvalue weighted by Crippen LogP contribution is 2.41. The molecule has 0 saturated carbocycles. The van der Waals surface area contributed by atoms with E-state index in [1.807, 2.05) is 36.4 Å². The normalized spacial score (nSPS) is 11.8. The van der Waals surface area contributed by atoms with Gasteiger partial charge in [-0.1, -0.05) is 109 Å². The number of hydrogen-bond acceptors (Lipinski definition) is 3. The van der Waals surface area contributed by atoms with E-state index < -0.39 is 0 Å². The Labute approximate surface area is 276 Å². The van der Waals surface area contributed by atoms with Crippen molar-refractivity contribution in [1.29, 1.82) is 0 Å². The molecule has 7 aromatic carbocycles. The largest absolute Gasteiger partial charge is 0.456 e. The summed E-state index contributed by atoms with van der Waals surface area (Å²) < 4.78 is 8.90. The fourth-order valence-electron chi connectivity index (χ4n) is 7.14. The zero-order chi connectivity index (χ0) is 31.6. The second-order valence-corrected chi connectivity index (χ2v) is 12.2. The van der Waals surface area contributed by atoms with Gasteiger partial charge in [0.1, 0.15) is 11.2 Å². The molecule has 4 heteroatoms. The molecule has 3 aromatic heterocycles. The standard InChI is InChI=1S/C44H27N3O/c1-3-12-28(13-4-1)36-27-37(29-14-5-2-6-15-29)46-44(45-36)32-22-23-41-35(25-32)43-39(20-11-21-42(43)48-41)47-38-19-10-9-18-33(38)34-24-30-16-7-8-17-31(30)26-40(34)47/h1-27H. The minimum Gasteiger partial charge on any atom is -0.456 e. The van der Waals surface area contributed by atoms with Gasteiger partial charge in [0.15, 0.2) is 5.82 Å². The van der Waals surface area contributed by atoms with Gasteiger partial charge in [-0.05, 0) is 65.4 Å². The molecule has 0 aliphatic heterocycles. The topological polar surface area (TPSA) is 43.9 Å². The van der Waals surface area contributed by atoms with E-state index in [2.05, 4.69) is 132 Å². The van der Waals surface area contributed by atoms with Crippen LogP contribution in [0.5, 0.6) is 0 Å². The number of aromatic nitrogens is 3. The van der Waals surface area contributed by atoms with Crippen molar-refractivity contribution >= 4 is 54.5 Å². The number of furan rings is 1. The Hall–Kier alpha value is -6.52. The second-order valence-electron chi connectivity index (χ2n) is 12.2. The Morgan fingerprint density at radius 1 is 0.417 bits per heavy atom. The third kappa shape index (κ3) is 4.16. The minimum absolute atomic E-state index is 0.673. The lowest BCUT2D eigenvalue weighted by atomic mass is 10.0. The predicted molar refractivity (Wildman–Crippen MR) is 197 cm³/mol. The van der Waals surface area contributed by atoms with Crippen molar-refractivity contribution in [3.63, 3.8) is 0 Å². The summed E-state index contributed by atoms with van der Waals surface area (Å²) in [7, 11) is 0. The molecule has 224 valence electrons. The fraction of sp³-hybridized carbons (Fsp3) is 0. The average Bonchev–Trinajstić information content (AvgIpc) is 3.69. The van der Waals surface area contributed by atoms with Crippen LogP contribution in [0.4, 0.5) is 0 Å². The van der Waals surface area contributed by atoms with Crippen LogP contribution in [0, 0.1) is 0 Å². The van der Waals surface area contributed by atoms with Crippen molar-refractivity contribution in [2.45, 2.75) is 0 Å². The van der Waals surface area contributed by atoms with E-state index in [0.29, 0.717) is 5.82 Å². The van der Waals surface area contributed by atoms with E-state index in [9.17, 15) is 0 Å². The molecule has 0 radical (unpaired) electrons. The van der Waals surface area contributed by atoms with Crippen molar-refractivity contribution in [2.75, 3.05) is 0 Å². The SMILES string of the molecule is c1ccc(-c2cc(-c3ccccc3)nc(-c3ccc4oc5cccc(-n6c7ccccc7c7cc8ccccc8cc76)c5c4c3)n2)cc1. The molecule has 10 aromatic rings. The van der Waals surface area contributed by atoms with Crippen LogP contribution in [0.2, 0.25) is 0 Å². The number of hydrogen-bond donors (Lipinski definition) is 0. The monoisotopic (exact) mass is 613 g/mol. The van der Waals surface area contributed by atoms with E-state index in [1.54, 1.807) is 0 Å². The van der Waals surface area contributed by atoms with Crippen LogP contribution in [0.3, 0.4) is 0 Å². The van der Waals surface area contributed by atoms with E-state index in [0.717, 1.165) is 61.2 Å². The number of benzene rings is 7. The van der Waals surface area contributed by atoms with E-state index in [-0.39, 0.29) is 0 Å². The summed E-state index contributed by atoms with van der Waals surface area (Å²) in [5, 5.41) is 6.99. The Kier molecular flexibility index (Phi) is 5.84. The maximum Gasteiger partial charge on any atom is 0.160 e. The van der Waals surface area contributed by atoms with Gasteiger partial charge in [-0.2, -0.15) is 0 Å². The van der Waals surface area contributed by atoms with Crippen LogP contribution >= 0.6 is 0 Å². The lowest BCUT2D eigenvalue weighted by Gasteiger charge is -2.11. The lowest BCUT2D eigenvalue weighted by molar-refractivity contribution is 0.669. The number of para-hydroxylation sites is 1. The summed E-state index contributed by atoms with van der Waals surface area (Å²) >= 11 is 0. The molecule has 0 aliphatic carbocycles. The average molecular weight is 614 g/mol. The molecular formula is C44H27N3O. The van der Waals surface area contributed by atoms with Crippen molar-refractivity contribution < 1.29 is 4.42 Å². The Morgan fingerprint density at radius 3 is 1.83 bits per heavy atom. The highest BCUT2D eigenvalue weighted by molar-refractivity contribution is 6.17. The molecular weight excluding hydrogens is 587 g/mol. The van der Waals surface area contributed by atoms with E-state index in [1.165, 1.54) is 27.1 Å². The van der Waals surface area contributed by atoms with Crippen LogP contribution < -0.4 is 0 Å². The first kappa shape index (κ1) is 26.7. The van der Waals surface area contributed by atoms with Crippen LogP contribution in [0.25, 0.3) is 94.1 Å². The highest BCUT2D eigenvalue weighted by Gasteiger charge is 2.19. The van der Waals surface area contributed by atoms with Gasteiger partial charge in [-0.15, -0.1) is 0 Å². The molecule has 10 rings (SSSR count). The highest BCUT2D eigenvalue weighted by atomic mass is 16.3. The number of fused-ring (bicyclic) bond motifs is 7. The van der Waals surface area contributed by atoms with Crippen molar-refractivity contribution in [3.8, 4) is 39.6 Å². The molecule has 0 aliphatic rings. The second kappa shape index (κ2) is 10.5. The van der Waals surface area contributed by atoms with Gasteiger partial charge >= 0.3 is 0 Å². The predicted octanol–water partition coefficient (Wildman–Crippen LogP) is 11.6. The summed E-state index contributed by atoms with van der Waals surface area (Å²) in [4.78, 5) is 10.2. The summed E-state index contributed by atoms with van der Waals surface area (Å²) in [6, 6.07) is 57.2. The maximum absolute atomic E-state index is 6.51. The van der Waals surface area contributed by atoms with Crippen molar-refractivity contribution in [1.82, 2.24) is 14.5 Å². The number of nitrogens with zero attached hydrogens (tertiary/aromatic N) is 3. The summed E-state index contributed by atoms with van der Waals surface area (Å²) in [5.74, 6) is 0.673. The van der Waals surface area contributed by atoms with Crippen LogP contribution in [0.1, 0.15) is 0 Å². The first-order valence-corrected chi connectivity index (χ1v) is 16.2. The zero-order valence-corrected chi connectivity index (χ0v) is 25.8. The molecule has 4 nitrogen and oxygen atoms in total. The van der Waals surface area contributed by atoms with E-state index in [4.69, 9.17) is 14.4 Å². The van der Waals surface area contributed by atoms with Gasteiger partial charge in [0.2, 0.25) is 0 Å². The summed E-state index contributed by atoms with van der Waals surface area (Å²) in [6.07, 6.45) is 0. The third-order valence-electron chi connectivity index (χ3n) is 9.38. The Bertz CT molecular complexity index is 2770. The molecule has 0 atom stereocenters. The Morgan fingerprint density at radius 2 is 1.08 bits per heavy atom. The molecule has 0 N–H and O–H groups in total. The molecule has 0 unspecified atom stereocenters. The third-order valence-corrected chi connectivity index (χ3v) is 9.38. The molecule has 0 amide bonds. The maximum atomic E-state index is 6.51. The molecule has 0 bridgehead atoms. The Balaban J connectivity index is 1.23. The molecule has 48 heavy (non-hydrogen) atoms. The van der Waals surface area contributed by atoms with Gasteiger partial charge in [0, 0.05) is 32.8 Å². The lowest BCUT2D eigenvalue weighted by Crippen LogP contribution is -1.96.